The van der Waals surface area contributed by atoms with Crippen molar-refractivity contribution in [3.8, 4) is 0 Å². The van der Waals surface area contributed by atoms with Crippen LogP contribution < -0.4 is 4.90 Å². The van der Waals surface area contributed by atoms with Crippen molar-refractivity contribution in [1.82, 2.24) is 19.8 Å². The molecule has 0 amide bonds. The molecule has 6 heteroatoms. The Kier molecular flexibility index (Phi) is 3.12. The lowest BCUT2D eigenvalue weighted by atomic mass is 9.96. The molecule has 0 spiro atoms. The van der Waals surface area contributed by atoms with E-state index in [4.69, 9.17) is 9.84 Å². The van der Waals surface area contributed by atoms with Crippen molar-refractivity contribution in [3.63, 3.8) is 0 Å². The molecular formula is C14H21N5O. The van der Waals surface area contributed by atoms with Crippen molar-refractivity contribution < 1.29 is 4.74 Å². The Bertz CT molecular complexity index is 616. The molecular weight excluding hydrogens is 254 g/mol. The van der Waals surface area contributed by atoms with Crippen molar-refractivity contribution in [2.45, 2.75) is 39.2 Å². The fourth-order valence-corrected chi connectivity index (χ4v) is 2.47. The number of rotatable bonds is 1. The van der Waals surface area contributed by atoms with Crippen LogP contribution in [0.4, 0.5) is 5.82 Å². The molecule has 1 unspecified atom stereocenters. The Morgan fingerprint density at radius 3 is 2.75 bits per heavy atom. The molecule has 20 heavy (non-hydrogen) atoms. The number of anilines is 1. The summed E-state index contributed by atoms with van der Waals surface area (Å²) in [5, 5.41) is 13.2. The van der Waals surface area contributed by atoms with E-state index in [1.54, 1.807) is 0 Å². The molecule has 2 aromatic heterocycles. The first-order chi connectivity index (χ1) is 9.47. The highest BCUT2D eigenvalue weighted by Crippen LogP contribution is 2.22. The second kappa shape index (κ2) is 4.70. The zero-order valence-corrected chi connectivity index (χ0v) is 12.5. The smallest absolute Gasteiger partial charge is 0.178 e. The molecule has 0 bridgehead atoms. The van der Waals surface area contributed by atoms with Crippen molar-refractivity contribution in [2.24, 2.45) is 0 Å². The summed E-state index contributed by atoms with van der Waals surface area (Å²) in [6, 6.07) is 4.33. The van der Waals surface area contributed by atoms with Crippen LogP contribution in [-0.2, 0) is 10.2 Å². The van der Waals surface area contributed by atoms with Crippen LogP contribution in [0.25, 0.3) is 5.65 Å². The molecule has 1 saturated heterocycles. The lowest BCUT2D eigenvalue weighted by Gasteiger charge is -2.34. The van der Waals surface area contributed by atoms with Crippen LogP contribution in [0.3, 0.4) is 0 Å². The van der Waals surface area contributed by atoms with E-state index >= 15 is 0 Å². The van der Waals surface area contributed by atoms with Gasteiger partial charge < -0.3 is 9.64 Å². The van der Waals surface area contributed by atoms with Gasteiger partial charge in [-0.2, -0.15) is 4.52 Å². The predicted molar refractivity (Wildman–Crippen MR) is 77.1 cm³/mol. The molecule has 1 atom stereocenters. The fourth-order valence-electron chi connectivity index (χ4n) is 2.47. The van der Waals surface area contributed by atoms with Crippen LogP contribution in [0.2, 0.25) is 0 Å². The van der Waals surface area contributed by atoms with Gasteiger partial charge in [0.25, 0.3) is 0 Å². The molecule has 1 aliphatic rings. The van der Waals surface area contributed by atoms with Crippen LogP contribution in [0.1, 0.15) is 33.5 Å². The first kappa shape index (κ1) is 13.3. The van der Waals surface area contributed by atoms with Gasteiger partial charge in [-0.05, 0) is 19.1 Å². The van der Waals surface area contributed by atoms with Crippen LogP contribution in [-0.4, -0.2) is 45.6 Å². The van der Waals surface area contributed by atoms with E-state index in [1.807, 2.05) is 16.6 Å². The maximum absolute atomic E-state index is 5.48. The molecule has 1 aliphatic heterocycles. The largest absolute Gasteiger partial charge is 0.377 e. The molecule has 3 rings (SSSR count). The summed E-state index contributed by atoms with van der Waals surface area (Å²) in [6.07, 6.45) is 0. The second-order valence-corrected chi connectivity index (χ2v) is 6.35. The number of morpholine rings is 1. The molecule has 6 nitrogen and oxygen atoms in total. The van der Waals surface area contributed by atoms with Crippen LogP contribution >= 0.6 is 0 Å². The standard InChI is InChI=1S/C14H21N5O/c1-10-9-20-8-7-18(10)12-6-5-11-15-16-13(14(2,3)4)19(11)17-12/h5-6,10H,7-9H2,1-4H3. The Morgan fingerprint density at radius 1 is 1.25 bits per heavy atom. The molecule has 0 radical (unpaired) electrons. The fraction of sp³-hybridized carbons (Fsp3) is 0.643. The zero-order valence-electron chi connectivity index (χ0n) is 12.5. The Hall–Kier alpha value is -1.69. The van der Waals surface area contributed by atoms with Gasteiger partial charge in [-0.1, -0.05) is 20.8 Å². The van der Waals surface area contributed by atoms with Crippen molar-refractivity contribution in [1.29, 1.82) is 0 Å². The molecule has 2 aromatic rings. The summed E-state index contributed by atoms with van der Waals surface area (Å²) in [6.45, 7) is 10.9. The average Bonchev–Trinajstić information content (AvgIpc) is 2.82. The Balaban J connectivity index is 2.05. The normalized spacial score (nSPS) is 20.6. The molecule has 3 heterocycles. The zero-order chi connectivity index (χ0) is 14.3. The van der Waals surface area contributed by atoms with Crippen molar-refractivity contribution in [2.75, 3.05) is 24.7 Å². The number of ether oxygens (including phenoxy) is 1. The Labute approximate surface area is 118 Å². The molecule has 0 aromatic carbocycles. The monoisotopic (exact) mass is 275 g/mol. The minimum absolute atomic E-state index is 0.0817. The van der Waals surface area contributed by atoms with E-state index in [1.165, 1.54) is 0 Å². The summed E-state index contributed by atoms with van der Waals surface area (Å²) < 4.78 is 7.34. The molecule has 0 aliphatic carbocycles. The highest BCUT2D eigenvalue weighted by atomic mass is 16.5. The lowest BCUT2D eigenvalue weighted by molar-refractivity contribution is 0.0984. The summed E-state index contributed by atoms with van der Waals surface area (Å²) >= 11 is 0. The molecule has 0 saturated carbocycles. The van der Waals surface area contributed by atoms with E-state index in [-0.39, 0.29) is 5.41 Å². The minimum Gasteiger partial charge on any atom is -0.377 e. The quantitative estimate of drug-likeness (QED) is 0.792. The van der Waals surface area contributed by atoms with Gasteiger partial charge in [0, 0.05) is 12.0 Å². The van der Waals surface area contributed by atoms with Crippen LogP contribution in [0, 0.1) is 0 Å². The topological polar surface area (TPSA) is 55.5 Å². The number of nitrogens with zero attached hydrogens (tertiary/aromatic N) is 5. The first-order valence-corrected chi connectivity index (χ1v) is 7.04. The minimum atomic E-state index is -0.0817. The van der Waals surface area contributed by atoms with Gasteiger partial charge in [0.15, 0.2) is 11.5 Å². The first-order valence-electron chi connectivity index (χ1n) is 7.04. The highest BCUT2D eigenvalue weighted by molar-refractivity contribution is 5.47. The average molecular weight is 275 g/mol. The van der Waals surface area contributed by atoms with E-state index in [2.05, 4.69) is 42.8 Å². The van der Waals surface area contributed by atoms with E-state index in [0.717, 1.165) is 37.0 Å². The number of fused-ring (bicyclic) bond motifs is 1. The van der Waals surface area contributed by atoms with Crippen molar-refractivity contribution >= 4 is 11.5 Å². The van der Waals surface area contributed by atoms with E-state index < -0.39 is 0 Å². The third-order valence-corrected chi connectivity index (χ3v) is 3.58. The SMILES string of the molecule is CC1COCCN1c1ccc2nnc(C(C)(C)C)n2n1. The van der Waals surface area contributed by atoms with Gasteiger partial charge in [0.1, 0.15) is 5.82 Å². The maximum Gasteiger partial charge on any atom is 0.178 e. The van der Waals surface area contributed by atoms with Gasteiger partial charge in [-0.25, -0.2) is 0 Å². The molecule has 1 fully saturated rings. The lowest BCUT2D eigenvalue weighted by Crippen LogP contribution is -2.44. The van der Waals surface area contributed by atoms with Crippen LogP contribution in [0.15, 0.2) is 12.1 Å². The maximum atomic E-state index is 5.48. The number of hydrogen-bond donors (Lipinski definition) is 0. The van der Waals surface area contributed by atoms with E-state index in [0.29, 0.717) is 6.04 Å². The molecule has 108 valence electrons. The number of aromatic nitrogens is 4. The second-order valence-electron chi connectivity index (χ2n) is 6.35. The highest BCUT2D eigenvalue weighted by Gasteiger charge is 2.24. The summed E-state index contributed by atoms with van der Waals surface area (Å²) in [4.78, 5) is 2.27. The van der Waals surface area contributed by atoms with Gasteiger partial charge in [-0.3, -0.25) is 0 Å². The molecule has 0 N–H and O–H groups in total. The van der Waals surface area contributed by atoms with Crippen molar-refractivity contribution in [3.05, 3.63) is 18.0 Å². The van der Waals surface area contributed by atoms with E-state index in [9.17, 15) is 0 Å². The predicted octanol–water partition coefficient (Wildman–Crippen LogP) is 1.65. The van der Waals surface area contributed by atoms with Gasteiger partial charge in [0.05, 0.1) is 19.3 Å². The summed E-state index contributed by atoms with van der Waals surface area (Å²) in [5.74, 6) is 1.84. The van der Waals surface area contributed by atoms with Gasteiger partial charge in [-0.15, -0.1) is 15.3 Å². The summed E-state index contributed by atoms with van der Waals surface area (Å²) in [5.41, 5.74) is 0.710. The third kappa shape index (κ3) is 2.24. The third-order valence-electron chi connectivity index (χ3n) is 3.58. The number of hydrogen-bond acceptors (Lipinski definition) is 5. The van der Waals surface area contributed by atoms with Gasteiger partial charge in [0.2, 0.25) is 0 Å². The van der Waals surface area contributed by atoms with Crippen LogP contribution in [0.5, 0.6) is 0 Å². The Morgan fingerprint density at radius 2 is 2.05 bits per heavy atom. The summed E-state index contributed by atoms with van der Waals surface area (Å²) in [7, 11) is 0. The van der Waals surface area contributed by atoms with Gasteiger partial charge >= 0.3 is 0 Å².